The fourth-order valence-corrected chi connectivity index (χ4v) is 1.26. The zero-order valence-electron chi connectivity index (χ0n) is 8.15. The van der Waals surface area contributed by atoms with Crippen molar-refractivity contribution in [1.82, 2.24) is 4.98 Å². The molecule has 4 heteroatoms. The zero-order chi connectivity index (χ0) is 11.5. The van der Waals surface area contributed by atoms with Crippen LogP contribution in [0.1, 0.15) is 16.1 Å². The lowest BCUT2D eigenvalue weighted by molar-refractivity contribution is 0.103. The first-order valence-electron chi connectivity index (χ1n) is 4.58. The number of benzene rings is 1. The molecule has 0 aliphatic rings. The van der Waals surface area contributed by atoms with Crippen molar-refractivity contribution in [3.05, 3.63) is 65.5 Å². The number of halogens is 2. The van der Waals surface area contributed by atoms with Crippen molar-refractivity contribution in [3.8, 4) is 0 Å². The molecule has 0 spiro atoms. The molecule has 2 rings (SSSR count). The Balaban J connectivity index is 2.32. The van der Waals surface area contributed by atoms with Crippen LogP contribution in [0, 0.1) is 11.6 Å². The SMILES string of the molecule is O=C(c1ccc(F)cc1)c1ccc(F)cn1. The average Bonchev–Trinajstić information content (AvgIpc) is 2.30. The van der Waals surface area contributed by atoms with Gasteiger partial charge in [-0.1, -0.05) is 0 Å². The Kier molecular flexibility index (Phi) is 2.72. The Morgan fingerprint density at radius 1 is 0.938 bits per heavy atom. The number of hydrogen-bond donors (Lipinski definition) is 0. The maximum absolute atomic E-state index is 12.6. The summed E-state index contributed by atoms with van der Waals surface area (Å²) in [6, 6.07) is 7.56. The van der Waals surface area contributed by atoms with Crippen molar-refractivity contribution in [2.45, 2.75) is 0 Å². The summed E-state index contributed by atoms with van der Waals surface area (Å²) >= 11 is 0. The number of nitrogens with zero attached hydrogens (tertiary/aromatic N) is 1. The number of carbonyl (C=O) groups excluding carboxylic acids is 1. The highest BCUT2D eigenvalue weighted by molar-refractivity contribution is 6.07. The normalized spacial score (nSPS) is 10.1. The van der Waals surface area contributed by atoms with Gasteiger partial charge in [-0.3, -0.25) is 4.79 Å². The molecular weight excluding hydrogens is 212 g/mol. The summed E-state index contributed by atoms with van der Waals surface area (Å²) in [5.74, 6) is -1.28. The molecule has 0 radical (unpaired) electrons. The van der Waals surface area contributed by atoms with E-state index in [0.29, 0.717) is 5.56 Å². The topological polar surface area (TPSA) is 30.0 Å². The van der Waals surface area contributed by atoms with E-state index in [-0.39, 0.29) is 11.5 Å². The second kappa shape index (κ2) is 4.18. The van der Waals surface area contributed by atoms with Crippen LogP contribution in [0.15, 0.2) is 42.6 Å². The zero-order valence-corrected chi connectivity index (χ0v) is 8.15. The van der Waals surface area contributed by atoms with E-state index in [1.807, 2.05) is 0 Å². The molecule has 16 heavy (non-hydrogen) atoms. The number of pyridine rings is 1. The summed E-state index contributed by atoms with van der Waals surface area (Å²) in [5, 5.41) is 0. The summed E-state index contributed by atoms with van der Waals surface area (Å²) in [5.41, 5.74) is 0.452. The molecule has 0 atom stereocenters. The van der Waals surface area contributed by atoms with E-state index < -0.39 is 11.6 Å². The van der Waals surface area contributed by atoms with Crippen LogP contribution in [0.4, 0.5) is 8.78 Å². The molecule has 0 bridgehead atoms. The summed E-state index contributed by atoms with van der Waals surface area (Å²) in [4.78, 5) is 15.4. The van der Waals surface area contributed by atoms with Crippen LogP contribution >= 0.6 is 0 Å². The summed E-state index contributed by atoms with van der Waals surface area (Å²) in [7, 11) is 0. The van der Waals surface area contributed by atoms with E-state index in [4.69, 9.17) is 0 Å². The van der Waals surface area contributed by atoms with Crippen molar-refractivity contribution < 1.29 is 13.6 Å². The lowest BCUT2D eigenvalue weighted by atomic mass is 10.1. The summed E-state index contributed by atoms with van der Waals surface area (Å²) < 4.78 is 25.2. The van der Waals surface area contributed by atoms with E-state index in [1.54, 1.807) is 0 Å². The van der Waals surface area contributed by atoms with Gasteiger partial charge in [0.15, 0.2) is 0 Å². The summed E-state index contributed by atoms with van der Waals surface area (Å²) in [6.45, 7) is 0. The molecule has 1 aromatic carbocycles. The Bertz CT molecular complexity index is 458. The minimum atomic E-state index is -0.504. The fraction of sp³-hybridized carbons (Fsp3) is 0. The first kappa shape index (κ1) is 10.4. The van der Waals surface area contributed by atoms with E-state index in [9.17, 15) is 13.6 Å². The Morgan fingerprint density at radius 3 is 2.12 bits per heavy atom. The standard InChI is InChI=1S/C12H7F2NO/c13-9-3-1-8(2-4-9)12(16)11-6-5-10(14)7-15-11/h1-7H. The number of rotatable bonds is 2. The molecule has 2 aromatic rings. The molecule has 0 saturated carbocycles. The Hall–Kier alpha value is -2.10. The van der Waals surface area contributed by atoms with Gasteiger partial charge in [-0.05, 0) is 36.4 Å². The lowest BCUT2D eigenvalue weighted by Gasteiger charge is -1.99. The van der Waals surface area contributed by atoms with Gasteiger partial charge in [0.2, 0.25) is 5.78 Å². The molecule has 1 heterocycles. The van der Waals surface area contributed by atoms with E-state index in [1.165, 1.54) is 30.3 Å². The van der Waals surface area contributed by atoms with Crippen molar-refractivity contribution in [2.75, 3.05) is 0 Å². The number of aromatic nitrogens is 1. The first-order valence-corrected chi connectivity index (χ1v) is 4.58. The van der Waals surface area contributed by atoms with Crippen molar-refractivity contribution in [1.29, 1.82) is 0 Å². The highest BCUT2D eigenvalue weighted by Crippen LogP contribution is 2.09. The molecule has 0 unspecified atom stereocenters. The summed E-state index contributed by atoms with van der Waals surface area (Å²) in [6.07, 6.45) is 0.969. The van der Waals surface area contributed by atoms with Crippen LogP contribution in [-0.4, -0.2) is 10.8 Å². The highest BCUT2D eigenvalue weighted by atomic mass is 19.1. The Labute approximate surface area is 90.6 Å². The second-order valence-electron chi connectivity index (χ2n) is 3.20. The second-order valence-corrected chi connectivity index (χ2v) is 3.20. The van der Waals surface area contributed by atoms with E-state index in [2.05, 4.69) is 4.98 Å². The largest absolute Gasteiger partial charge is 0.287 e. The van der Waals surface area contributed by atoms with E-state index >= 15 is 0 Å². The number of ketones is 1. The van der Waals surface area contributed by atoms with Gasteiger partial charge < -0.3 is 0 Å². The molecule has 0 N–H and O–H groups in total. The minimum absolute atomic E-state index is 0.132. The molecule has 0 saturated heterocycles. The monoisotopic (exact) mass is 219 g/mol. The van der Waals surface area contributed by atoms with Gasteiger partial charge in [0, 0.05) is 5.56 Å². The molecular formula is C12H7F2NO. The van der Waals surface area contributed by atoms with Crippen molar-refractivity contribution in [3.63, 3.8) is 0 Å². The number of hydrogen-bond acceptors (Lipinski definition) is 2. The maximum Gasteiger partial charge on any atom is 0.211 e. The molecule has 0 aliphatic heterocycles. The Morgan fingerprint density at radius 2 is 1.56 bits per heavy atom. The van der Waals surface area contributed by atoms with Crippen LogP contribution in [0.2, 0.25) is 0 Å². The van der Waals surface area contributed by atoms with Crippen molar-refractivity contribution in [2.24, 2.45) is 0 Å². The van der Waals surface area contributed by atoms with Gasteiger partial charge in [0.25, 0.3) is 0 Å². The molecule has 1 aromatic heterocycles. The third-order valence-corrected chi connectivity index (χ3v) is 2.07. The third kappa shape index (κ3) is 2.11. The lowest BCUT2D eigenvalue weighted by Crippen LogP contribution is -2.03. The van der Waals surface area contributed by atoms with Crippen LogP contribution in [0.3, 0.4) is 0 Å². The molecule has 2 nitrogen and oxygen atoms in total. The van der Waals surface area contributed by atoms with Gasteiger partial charge in [0.1, 0.15) is 17.3 Å². The quantitative estimate of drug-likeness (QED) is 0.726. The smallest absolute Gasteiger partial charge is 0.211 e. The van der Waals surface area contributed by atoms with Gasteiger partial charge in [-0.15, -0.1) is 0 Å². The molecule has 80 valence electrons. The fourth-order valence-electron chi connectivity index (χ4n) is 1.26. The average molecular weight is 219 g/mol. The predicted molar refractivity (Wildman–Crippen MR) is 54.0 cm³/mol. The minimum Gasteiger partial charge on any atom is -0.287 e. The van der Waals surface area contributed by atoms with Crippen LogP contribution in [0.5, 0.6) is 0 Å². The molecule has 0 amide bonds. The van der Waals surface area contributed by atoms with Gasteiger partial charge in [-0.25, -0.2) is 13.8 Å². The van der Waals surface area contributed by atoms with Gasteiger partial charge in [0.05, 0.1) is 6.20 Å². The first-order chi connectivity index (χ1) is 7.66. The molecule has 0 aliphatic carbocycles. The maximum atomic E-state index is 12.6. The van der Waals surface area contributed by atoms with E-state index in [0.717, 1.165) is 12.3 Å². The number of carbonyl (C=O) groups is 1. The van der Waals surface area contributed by atoms with Gasteiger partial charge >= 0.3 is 0 Å². The molecule has 0 fully saturated rings. The third-order valence-electron chi connectivity index (χ3n) is 2.07. The van der Waals surface area contributed by atoms with Crippen LogP contribution in [0.25, 0.3) is 0 Å². The predicted octanol–water partition coefficient (Wildman–Crippen LogP) is 2.59. The van der Waals surface area contributed by atoms with Crippen LogP contribution < -0.4 is 0 Å². The van der Waals surface area contributed by atoms with Crippen molar-refractivity contribution >= 4 is 5.78 Å². The highest BCUT2D eigenvalue weighted by Gasteiger charge is 2.10. The van der Waals surface area contributed by atoms with Crippen LogP contribution in [-0.2, 0) is 0 Å². The van der Waals surface area contributed by atoms with Gasteiger partial charge in [-0.2, -0.15) is 0 Å².